The number of ether oxygens (including phenoxy) is 1. The number of halogens is 2. The number of nitrogens with one attached hydrogen (secondary N) is 1. The van der Waals surface area contributed by atoms with Crippen molar-refractivity contribution in [3.63, 3.8) is 0 Å². The number of benzene rings is 1. The molecule has 6 nitrogen and oxygen atoms in total. The van der Waals surface area contributed by atoms with E-state index in [4.69, 9.17) is 27.9 Å². The lowest BCUT2D eigenvalue weighted by Crippen LogP contribution is -2.38. The molecule has 0 aliphatic carbocycles. The number of rotatable bonds is 7. The molecule has 2 rings (SSSR count). The number of nitrogens with zero attached hydrogens (tertiary/aromatic N) is 1. The quantitative estimate of drug-likeness (QED) is 0.771. The van der Waals surface area contributed by atoms with Crippen molar-refractivity contribution in [1.82, 2.24) is 4.31 Å². The van der Waals surface area contributed by atoms with Gasteiger partial charge in [0, 0.05) is 26.1 Å². The molecule has 0 spiro atoms. The van der Waals surface area contributed by atoms with Crippen molar-refractivity contribution >= 4 is 44.8 Å². The summed E-state index contributed by atoms with van der Waals surface area (Å²) in [5.41, 5.74) is 0.330. The van der Waals surface area contributed by atoms with Crippen LogP contribution in [0.2, 0.25) is 10.0 Å². The van der Waals surface area contributed by atoms with E-state index in [1.807, 2.05) is 0 Å². The molecule has 1 atom stereocenters. The number of carbonyl (C=O) groups excluding carboxylic acids is 1. The topological polar surface area (TPSA) is 75.7 Å². The third kappa shape index (κ3) is 5.60. The zero-order valence-electron chi connectivity index (χ0n) is 13.3. The van der Waals surface area contributed by atoms with Crippen LogP contribution >= 0.6 is 23.2 Å². The summed E-state index contributed by atoms with van der Waals surface area (Å²) in [5.74, 6) is -0.356. The van der Waals surface area contributed by atoms with Crippen LogP contribution in [0.1, 0.15) is 19.3 Å². The molecule has 134 valence electrons. The predicted octanol–water partition coefficient (Wildman–Crippen LogP) is 2.76. The molecule has 24 heavy (non-hydrogen) atoms. The summed E-state index contributed by atoms with van der Waals surface area (Å²) in [6.07, 6.45) is 2.77. The summed E-state index contributed by atoms with van der Waals surface area (Å²) < 4.78 is 30.5. The van der Waals surface area contributed by atoms with E-state index in [1.54, 1.807) is 18.2 Å². The second-order valence-corrected chi connectivity index (χ2v) is 8.45. The van der Waals surface area contributed by atoms with Gasteiger partial charge in [0.1, 0.15) is 0 Å². The van der Waals surface area contributed by atoms with Crippen molar-refractivity contribution in [3.8, 4) is 0 Å². The van der Waals surface area contributed by atoms with E-state index in [1.165, 1.54) is 4.31 Å². The molecule has 1 fully saturated rings. The zero-order valence-corrected chi connectivity index (χ0v) is 15.6. The maximum absolute atomic E-state index is 12.1. The van der Waals surface area contributed by atoms with Crippen LogP contribution in [-0.4, -0.2) is 50.7 Å². The number of sulfonamides is 1. The molecule has 1 aliphatic rings. The fourth-order valence-electron chi connectivity index (χ4n) is 2.45. The van der Waals surface area contributed by atoms with Crippen LogP contribution in [0.15, 0.2) is 18.2 Å². The van der Waals surface area contributed by atoms with Crippen LogP contribution in [0, 0.1) is 0 Å². The predicted molar refractivity (Wildman–Crippen MR) is 95.1 cm³/mol. The van der Waals surface area contributed by atoms with Crippen LogP contribution in [0.5, 0.6) is 0 Å². The molecule has 0 saturated carbocycles. The van der Waals surface area contributed by atoms with Crippen LogP contribution in [-0.2, 0) is 19.6 Å². The third-order valence-corrected chi connectivity index (χ3v) is 5.62. The highest BCUT2D eigenvalue weighted by atomic mass is 35.5. The minimum absolute atomic E-state index is 0.00133. The van der Waals surface area contributed by atoms with E-state index in [2.05, 4.69) is 5.32 Å². The van der Waals surface area contributed by atoms with Crippen LogP contribution < -0.4 is 5.32 Å². The second-order valence-electron chi connectivity index (χ2n) is 5.65. The van der Waals surface area contributed by atoms with Crippen molar-refractivity contribution in [2.45, 2.75) is 25.4 Å². The lowest BCUT2D eigenvalue weighted by Gasteiger charge is -2.22. The number of hydrogen-bond donors (Lipinski definition) is 1. The summed E-state index contributed by atoms with van der Waals surface area (Å²) in [7, 11) is -3.42. The van der Waals surface area contributed by atoms with Gasteiger partial charge in [0.05, 0.1) is 28.1 Å². The number of amides is 1. The van der Waals surface area contributed by atoms with Gasteiger partial charge in [-0.2, -0.15) is 4.31 Å². The number of anilines is 1. The summed E-state index contributed by atoms with van der Waals surface area (Å²) in [4.78, 5) is 12.1. The first-order chi connectivity index (χ1) is 11.3. The van der Waals surface area contributed by atoms with E-state index in [9.17, 15) is 13.2 Å². The van der Waals surface area contributed by atoms with Gasteiger partial charge in [0.2, 0.25) is 15.9 Å². The van der Waals surface area contributed by atoms with Gasteiger partial charge in [0.25, 0.3) is 0 Å². The highest BCUT2D eigenvalue weighted by Crippen LogP contribution is 2.29. The van der Waals surface area contributed by atoms with Crippen LogP contribution in [0.3, 0.4) is 0 Å². The van der Waals surface area contributed by atoms with Gasteiger partial charge in [0.15, 0.2) is 0 Å². The molecule has 1 aromatic carbocycles. The van der Waals surface area contributed by atoms with Gasteiger partial charge in [-0.05, 0) is 25.0 Å². The minimum atomic E-state index is -3.42. The summed E-state index contributed by atoms with van der Waals surface area (Å²) in [5, 5.41) is 3.28. The number of hydrogen-bond acceptors (Lipinski definition) is 4. The van der Waals surface area contributed by atoms with Gasteiger partial charge < -0.3 is 10.1 Å². The number of para-hydroxylation sites is 1. The third-order valence-electron chi connectivity index (χ3n) is 3.72. The molecule has 0 bridgehead atoms. The Morgan fingerprint density at radius 2 is 2.04 bits per heavy atom. The molecular formula is C15H20Cl2N2O4S. The normalized spacial score (nSPS) is 18.1. The highest BCUT2D eigenvalue weighted by Gasteiger charge is 2.25. The fraction of sp³-hybridized carbons (Fsp3) is 0.533. The molecule has 1 aromatic rings. The van der Waals surface area contributed by atoms with Crippen molar-refractivity contribution in [2.24, 2.45) is 0 Å². The molecule has 9 heteroatoms. The maximum Gasteiger partial charge on any atom is 0.225 e. The molecule has 1 saturated heterocycles. The Morgan fingerprint density at radius 1 is 1.38 bits per heavy atom. The van der Waals surface area contributed by atoms with E-state index in [0.29, 0.717) is 22.3 Å². The Bertz CT molecular complexity index is 670. The lowest BCUT2D eigenvalue weighted by molar-refractivity contribution is -0.116. The summed E-state index contributed by atoms with van der Waals surface area (Å²) in [6.45, 7) is 0.985. The van der Waals surface area contributed by atoms with Crippen molar-refractivity contribution in [1.29, 1.82) is 0 Å². The second kappa shape index (κ2) is 8.49. The standard InChI is InChI=1S/C15H20Cl2N2O4S/c1-24(21,22)19(10-11-4-3-9-23-11)8-7-14(20)18-15-12(16)5-2-6-13(15)17/h2,5-6,11H,3-4,7-10H2,1H3,(H,18,20). The average Bonchev–Trinajstić information content (AvgIpc) is 2.99. The Labute approximate surface area is 152 Å². The van der Waals surface area contributed by atoms with E-state index >= 15 is 0 Å². The van der Waals surface area contributed by atoms with Crippen LogP contribution in [0.4, 0.5) is 5.69 Å². The molecule has 1 aliphatic heterocycles. The highest BCUT2D eigenvalue weighted by molar-refractivity contribution is 7.88. The van der Waals surface area contributed by atoms with Gasteiger partial charge in [-0.15, -0.1) is 0 Å². The van der Waals surface area contributed by atoms with Gasteiger partial charge in [-0.1, -0.05) is 29.3 Å². The average molecular weight is 395 g/mol. The van der Waals surface area contributed by atoms with E-state index < -0.39 is 10.0 Å². The van der Waals surface area contributed by atoms with E-state index in [0.717, 1.165) is 19.1 Å². The Kier molecular flexibility index (Phi) is 6.88. The van der Waals surface area contributed by atoms with Gasteiger partial charge in [-0.3, -0.25) is 4.79 Å². The van der Waals surface area contributed by atoms with E-state index in [-0.39, 0.29) is 31.5 Å². The van der Waals surface area contributed by atoms with Crippen molar-refractivity contribution < 1.29 is 17.9 Å². The lowest BCUT2D eigenvalue weighted by atomic mass is 10.2. The molecule has 1 unspecified atom stereocenters. The fourth-order valence-corrected chi connectivity index (χ4v) is 3.81. The first-order valence-corrected chi connectivity index (χ1v) is 10.2. The number of carbonyl (C=O) groups is 1. The summed E-state index contributed by atoms with van der Waals surface area (Å²) in [6, 6.07) is 4.90. The zero-order chi connectivity index (χ0) is 17.7. The summed E-state index contributed by atoms with van der Waals surface area (Å²) >= 11 is 12.0. The molecule has 1 N–H and O–H groups in total. The minimum Gasteiger partial charge on any atom is -0.377 e. The Balaban J connectivity index is 1.94. The molecular weight excluding hydrogens is 375 g/mol. The molecule has 1 heterocycles. The largest absolute Gasteiger partial charge is 0.377 e. The van der Waals surface area contributed by atoms with Gasteiger partial charge in [-0.25, -0.2) is 8.42 Å². The first kappa shape index (κ1) is 19.5. The van der Waals surface area contributed by atoms with Gasteiger partial charge >= 0.3 is 0 Å². The van der Waals surface area contributed by atoms with Crippen molar-refractivity contribution in [3.05, 3.63) is 28.2 Å². The molecule has 1 amide bonds. The smallest absolute Gasteiger partial charge is 0.225 e. The first-order valence-electron chi connectivity index (χ1n) is 7.58. The monoisotopic (exact) mass is 394 g/mol. The SMILES string of the molecule is CS(=O)(=O)N(CCC(=O)Nc1c(Cl)cccc1Cl)CC1CCCO1. The van der Waals surface area contributed by atoms with Crippen molar-refractivity contribution in [2.75, 3.05) is 31.3 Å². The molecule has 0 radical (unpaired) electrons. The Hall–Kier alpha value is -0.860. The Morgan fingerprint density at radius 3 is 2.58 bits per heavy atom. The molecule has 0 aromatic heterocycles. The van der Waals surface area contributed by atoms with Crippen LogP contribution in [0.25, 0.3) is 0 Å². The maximum atomic E-state index is 12.1.